The molecule has 3 rings (SSSR count). The van der Waals surface area contributed by atoms with Gasteiger partial charge in [0.25, 0.3) is 5.91 Å². The van der Waals surface area contributed by atoms with Gasteiger partial charge in [-0.2, -0.15) is 0 Å². The van der Waals surface area contributed by atoms with Crippen LogP contribution in [0.15, 0.2) is 42.5 Å². The van der Waals surface area contributed by atoms with E-state index in [0.717, 1.165) is 31.2 Å². The largest absolute Gasteiger partial charge is 0.459 e. The van der Waals surface area contributed by atoms with Crippen molar-refractivity contribution in [2.24, 2.45) is 0 Å². The lowest BCUT2D eigenvalue weighted by Gasteiger charge is -2.13. The lowest BCUT2D eigenvalue weighted by molar-refractivity contribution is 0.0318. The number of ether oxygens (including phenoxy) is 1. The predicted molar refractivity (Wildman–Crippen MR) is 98.3 cm³/mol. The number of aryl methyl sites for hydroxylation is 1. The quantitative estimate of drug-likeness (QED) is 0.783. The molecule has 1 N–H and O–H groups in total. The van der Waals surface area contributed by atoms with Crippen LogP contribution in [0.25, 0.3) is 0 Å². The van der Waals surface area contributed by atoms with E-state index < -0.39 is 5.97 Å². The molecule has 1 aliphatic carbocycles. The molecule has 0 atom stereocenters. The average molecular weight is 358 g/mol. The van der Waals surface area contributed by atoms with Crippen molar-refractivity contribution in [2.75, 3.05) is 5.32 Å². The molecule has 0 heterocycles. The fraction of sp³-hybridized carbons (Fsp3) is 0.300. The third-order valence-electron chi connectivity index (χ3n) is 4.41. The molecule has 0 bridgehead atoms. The first-order chi connectivity index (χ1) is 12.0. The van der Waals surface area contributed by atoms with Gasteiger partial charge in [-0.3, -0.25) is 4.79 Å². The van der Waals surface area contributed by atoms with E-state index in [4.69, 9.17) is 16.3 Å². The molecular formula is C20H20ClNO3. The van der Waals surface area contributed by atoms with E-state index in [1.165, 1.54) is 0 Å². The summed E-state index contributed by atoms with van der Waals surface area (Å²) in [4.78, 5) is 24.8. The zero-order valence-electron chi connectivity index (χ0n) is 14.0. The Morgan fingerprint density at radius 1 is 1.08 bits per heavy atom. The first-order valence-corrected chi connectivity index (χ1v) is 8.80. The summed E-state index contributed by atoms with van der Waals surface area (Å²) >= 11 is 6.14. The third kappa shape index (κ3) is 4.20. The maximum atomic E-state index is 12.4. The van der Waals surface area contributed by atoms with Crippen molar-refractivity contribution in [3.05, 3.63) is 64.2 Å². The Labute approximate surface area is 152 Å². The van der Waals surface area contributed by atoms with Gasteiger partial charge in [-0.25, -0.2) is 4.79 Å². The fourth-order valence-electron chi connectivity index (χ4n) is 3.01. The van der Waals surface area contributed by atoms with Crippen molar-refractivity contribution in [1.82, 2.24) is 0 Å². The van der Waals surface area contributed by atoms with Crippen molar-refractivity contribution in [2.45, 2.75) is 38.7 Å². The number of carbonyl (C=O) groups excluding carboxylic acids is 2. The van der Waals surface area contributed by atoms with Crippen LogP contribution in [0.4, 0.5) is 5.69 Å². The Morgan fingerprint density at radius 3 is 2.52 bits per heavy atom. The van der Waals surface area contributed by atoms with Gasteiger partial charge in [0.2, 0.25) is 0 Å². The standard InChI is InChI=1S/C20H20ClNO3/c1-13-6-2-5-9-16(13)19(23)22-14-10-11-18(21)17(12-14)20(24)25-15-7-3-4-8-15/h2,5-6,9-12,15H,3-4,7-8H2,1H3,(H,22,23). The summed E-state index contributed by atoms with van der Waals surface area (Å²) in [7, 11) is 0. The van der Waals surface area contributed by atoms with Crippen LogP contribution >= 0.6 is 11.6 Å². The number of amides is 1. The summed E-state index contributed by atoms with van der Waals surface area (Å²) in [6, 6.07) is 12.2. The molecular weight excluding hydrogens is 338 g/mol. The second-order valence-electron chi connectivity index (χ2n) is 6.28. The number of esters is 1. The van der Waals surface area contributed by atoms with E-state index >= 15 is 0 Å². The molecule has 1 fully saturated rings. The molecule has 1 amide bonds. The molecule has 130 valence electrons. The summed E-state index contributed by atoms with van der Waals surface area (Å²) in [5.41, 5.74) is 2.26. The molecule has 0 aromatic heterocycles. The Morgan fingerprint density at radius 2 is 1.80 bits per heavy atom. The number of rotatable bonds is 4. The van der Waals surface area contributed by atoms with Crippen molar-refractivity contribution >= 4 is 29.2 Å². The summed E-state index contributed by atoms with van der Waals surface area (Å²) in [6.07, 6.45) is 3.92. The first-order valence-electron chi connectivity index (χ1n) is 8.42. The highest BCUT2D eigenvalue weighted by atomic mass is 35.5. The number of benzene rings is 2. The van der Waals surface area contributed by atoms with Crippen LogP contribution in [0, 0.1) is 6.92 Å². The molecule has 2 aromatic rings. The maximum Gasteiger partial charge on any atom is 0.340 e. The van der Waals surface area contributed by atoms with Crippen molar-refractivity contribution in [3.8, 4) is 0 Å². The highest BCUT2D eigenvalue weighted by Crippen LogP contribution is 2.26. The van der Waals surface area contributed by atoms with Gasteiger partial charge in [0, 0.05) is 11.3 Å². The normalized spacial score (nSPS) is 14.3. The average Bonchev–Trinajstić information content (AvgIpc) is 3.09. The SMILES string of the molecule is Cc1ccccc1C(=O)Nc1ccc(Cl)c(C(=O)OC2CCCC2)c1. The highest BCUT2D eigenvalue weighted by Gasteiger charge is 2.22. The van der Waals surface area contributed by atoms with Gasteiger partial charge < -0.3 is 10.1 Å². The predicted octanol–water partition coefficient (Wildman–Crippen LogP) is 5.00. The fourth-order valence-corrected chi connectivity index (χ4v) is 3.20. The number of anilines is 1. The van der Waals surface area contributed by atoms with Gasteiger partial charge in [0.15, 0.2) is 0 Å². The number of carbonyl (C=O) groups is 2. The molecule has 5 heteroatoms. The molecule has 1 aliphatic rings. The summed E-state index contributed by atoms with van der Waals surface area (Å²) in [6.45, 7) is 1.88. The first kappa shape index (κ1) is 17.5. The molecule has 25 heavy (non-hydrogen) atoms. The van der Waals surface area contributed by atoms with Crippen LogP contribution in [0.5, 0.6) is 0 Å². The molecule has 0 radical (unpaired) electrons. The lowest BCUT2D eigenvalue weighted by atomic mass is 10.1. The van der Waals surface area contributed by atoms with Crippen molar-refractivity contribution in [1.29, 1.82) is 0 Å². The molecule has 1 saturated carbocycles. The topological polar surface area (TPSA) is 55.4 Å². The van der Waals surface area contributed by atoms with E-state index in [2.05, 4.69) is 5.32 Å². The van der Waals surface area contributed by atoms with Gasteiger partial charge >= 0.3 is 5.97 Å². The number of halogens is 1. The van der Waals surface area contributed by atoms with Crippen LogP contribution in [0.3, 0.4) is 0 Å². The van der Waals surface area contributed by atoms with Gasteiger partial charge in [-0.05, 0) is 62.4 Å². The number of hydrogen-bond donors (Lipinski definition) is 1. The molecule has 0 unspecified atom stereocenters. The number of hydrogen-bond acceptors (Lipinski definition) is 3. The zero-order valence-corrected chi connectivity index (χ0v) is 14.8. The maximum absolute atomic E-state index is 12.4. The highest BCUT2D eigenvalue weighted by molar-refractivity contribution is 6.33. The Hall–Kier alpha value is -2.33. The van der Waals surface area contributed by atoms with Crippen LogP contribution in [-0.4, -0.2) is 18.0 Å². The Balaban J connectivity index is 1.75. The van der Waals surface area contributed by atoms with E-state index in [9.17, 15) is 9.59 Å². The minimum absolute atomic E-state index is 0.0335. The molecule has 0 spiro atoms. The van der Waals surface area contributed by atoms with Crippen molar-refractivity contribution in [3.63, 3.8) is 0 Å². The van der Waals surface area contributed by atoms with E-state index in [1.807, 2.05) is 25.1 Å². The van der Waals surface area contributed by atoms with E-state index in [0.29, 0.717) is 16.3 Å². The summed E-state index contributed by atoms with van der Waals surface area (Å²) in [5, 5.41) is 3.13. The minimum atomic E-state index is -0.441. The van der Waals surface area contributed by atoms with Gasteiger partial charge in [-0.1, -0.05) is 29.8 Å². The van der Waals surface area contributed by atoms with Crippen LogP contribution in [0.2, 0.25) is 5.02 Å². The molecule has 0 aliphatic heterocycles. The van der Waals surface area contributed by atoms with E-state index in [1.54, 1.807) is 24.3 Å². The Bertz CT molecular complexity index is 797. The monoisotopic (exact) mass is 357 g/mol. The second kappa shape index (κ2) is 7.70. The smallest absolute Gasteiger partial charge is 0.340 e. The summed E-state index contributed by atoms with van der Waals surface area (Å²) < 4.78 is 5.51. The minimum Gasteiger partial charge on any atom is -0.459 e. The number of nitrogens with one attached hydrogen (secondary N) is 1. The second-order valence-corrected chi connectivity index (χ2v) is 6.68. The van der Waals surface area contributed by atoms with Crippen molar-refractivity contribution < 1.29 is 14.3 Å². The van der Waals surface area contributed by atoms with Crippen LogP contribution in [-0.2, 0) is 4.74 Å². The molecule has 2 aromatic carbocycles. The van der Waals surface area contributed by atoms with Crippen LogP contribution < -0.4 is 5.32 Å². The lowest BCUT2D eigenvalue weighted by Crippen LogP contribution is -2.16. The summed E-state index contributed by atoms with van der Waals surface area (Å²) in [5.74, 6) is -0.667. The van der Waals surface area contributed by atoms with Gasteiger partial charge in [0.05, 0.1) is 10.6 Å². The third-order valence-corrected chi connectivity index (χ3v) is 4.74. The van der Waals surface area contributed by atoms with Crippen LogP contribution in [0.1, 0.15) is 52.0 Å². The van der Waals surface area contributed by atoms with Gasteiger partial charge in [-0.15, -0.1) is 0 Å². The van der Waals surface area contributed by atoms with E-state index in [-0.39, 0.29) is 17.6 Å². The molecule has 0 saturated heterocycles. The molecule has 4 nitrogen and oxygen atoms in total. The zero-order chi connectivity index (χ0) is 17.8. The Kier molecular flexibility index (Phi) is 5.39. The van der Waals surface area contributed by atoms with Gasteiger partial charge in [0.1, 0.15) is 6.10 Å².